The zero-order chi connectivity index (χ0) is 30.1. The average Bonchev–Trinajstić information content (AvgIpc) is 3.69. The quantitative estimate of drug-likeness (QED) is 0.425. The maximum Gasteiger partial charge on any atom is 0.246 e. The number of fused-ring (bicyclic) bond motifs is 1. The maximum absolute atomic E-state index is 14.2. The van der Waals surface area contributed by atoms with E-state index in [1.54, 1.807) is 29.2 Å². The molecule has 10 nitrogen and oxygen atoms in total. The number of nitrogens with one attached hydrogen (secondary N) is 2. The molecule has 2 N–H and O–H groups in total. The molecular formula is C34H40N4O6. The van der Waals surface area contributed by atoms with Crippen LogP contribution in [0, 0.1) is 11.8 Å². The number of carbonyl (C=O) groups excluding carboxylic acids is 3. The van der Waals surface area contributed by atoms with Gasteiger partial charge in [0, 0.05) is 37.9 Å². The van der Waals surface area contributed by atoms with Crippen molar-refractivity contribution in [3.8, 4) is 11.5 Å². The summed E-state index contributed by atoms with van der Waals surface area (Å²) in [6.45, 7) is 3.90. The van der Waals surface area contributed by atoms with Gasteiger partial charge in [0.15, 0.2) is 0 Å². The lowest BCUT2D eigenvalue weighted by Gasteiger charge is -2.35. The second-order valence-corrected chi connectivity index (χ2v) is 12.5. The van der Waals surface area contributed by atoms with Crippen molar-refractivity contribution < 1.29 is 28.6 Å². The molecule has 2 aromatic carbocycles. The molecule has 10 heteroatoms. The maximum atomic E-state index is 14.2. The highest BCUT2D eigenvalue weighted by Crippen LogP contribution is 2.55. The smallest absolute Gasteiger partial charge is 0.246 e. The number of ether oxygens (including phenoxy) is 3. The summed E-state index contributed by atoms with van der Waals surface area (Å²) in [4.78, 5) is 46.0. The number of amides is 3. The van der Waals surface area contributed by atoms with Crippen molar-refractivity contribution in [1.82, 2.24) is 15.1 Å². The number of nitrogens with zero attached hydrogens (tertiary/aromatic N) is 2. The van der Waals surface area contributed by atoms with Gasteiger partial charge in [0.05, 0.1) is 31.2 Å². The standard InChI is InChI=1S/C34H40N4O6/c39-31(35-24-11-13-26(14-12-24)43-25-9-5-2-6-10-25)28-27-15-16-34(44-27)29(28)33(41)38(18-17-37-19-21-42-22-20-37)30(34)32(40)36-23-7-3-1-4-8-23/h2,5-6,9-16,23,27-30H,1,3-4,7-8,17-22H2,(H,35,39)(H,36,40)/t27-,28-,29-,30+,34-/m0/s1. The fraction of sp³-hybridized carbons (Fsp3) is 0.500. The van der Waals surface area contributed by atoms with Gasteiger partial charge in [-0.05, 0) is 49.2 Å². The molecule has 5 aliphatic rings. The summed E-state index contributed by atoms with van der Waals surface area (Å²) in [6, 6.07) is 15.9. The first kappa shape index (κ1) is 29.0. The van der Waals surface area contributed by atoms with Crippen molar-refractivity contribution in [2.75, 3.05) is 44.7 Å². The lowest BCUT2D eigenvalue weighted by molar-refractivity contribution is -0.141. The van der Waals surface area contributed by atoms with E-state index in [4.69, 9.17) is 14.2 Å². The summed E-state index contributed by atoms with van der Waals surface area (Å²) in [7, 11) is 0. The Balaban J connectivity index is 1.09. The molecule has 44 heavy (non-hydrogen) atoms. The first-order valence-corrected chi connectivity index (χ1v) is 15.9. The van der Waals surface area contributed by atoms with Gasteiger partial charge in [-0.25, -0.2) is 0 Å². The van der Waals surface area contributed by atoms with Gasteiger partial charge in [0.25, 0.3) is 0 Å². The zero-order valence-corrected chi connectivity index (χ0v) is 24.9. The Morgan fingerprint density at radius 1 is 0.909 bits per heavy atom. The van der Waals surface area contributed by atoms with Crippen molar-refractivity contribution in [3.63, 3.8) is 0 Å². The van der Waals surface area contributed by atoms with Gasteiger partial charge in [-0.1, -0.05) is 49.6 Å². The van der Waals surface area contributed by atoms with Crippen LogP contribution in [0.2, 0.25) is 0 Å². The average molecular weight is 601 g/mol. The highest BCUT2D eigenvalue weighted by Gasteiger charge is 2.72. The summed E-state index contributed by atoms with van der Waals surface area (Å²) < 4.78 is 17.9. The van der Waals surface area contributed by atoms with Crippen molar-refractivity contribution in [1.29, 1.82) is 0 Å². The van der Waals surface area contributed by atoms with E-state index >= 15 is 0 Å². The molecule has 4 aliphatic heterocycles. The zero-order valence-electron chi connectivity index (χ0n) is 24.9. The van der Waals surface area contributed by atoms with Crippen LogP contribution in [0.1, 0.15) is 32.1 Å². The van der Waals surface area contributed by atoms with Crippen LogP contribution in [0.3, 0.4) is 0 Å². The fourth-order valence-corrected chi connectivity index (χ4v) is 7.57. The lowest BCUT2D eigenvalue weighted by Crippen LogP contribution is -2.57. The molecular weight excluding hydrogens is 560 g/mol. The molecule has 0 aromatic heterocycles. The van der Waals surface area contributed by atoms with Crippen molar-refractivity contribution in [2.45, 2.75) is 55.9 Å². The summed E-state index contributed by atoms with van der Waals surface area (Å²) in [5, 5.41) is 6.25. The van der Waals surface area contributed by atoms with Gasteiger partial charge in [0.1, 0.15) is 23.1 Å². The van der Waals surface area contributed by atoms with Gasteiger partial charge in [-0.15, -0.1) is 0 Å². The molecule has 0 radical (unpaired) electrons. The van der Waals surface area contributed by atoms with Crippen LogP contribution in [-0.2, 0) is 23.9 Å². The van der Waals surface area contributed by atoms with Crippen LogP contribution in [0.5, 0.6) is 11.5 Å². The first-order chi connectivity index (χ1) is 21.5. The molecule has 2 bridgehead atoms. The Morgan fingerprint density at radius 2 is 1.64 bits per heavy atom. The molecule has 5 atom stereocenters. The number of rotatable bonds is 9. The Morgan fingerprint density at radius 3 is 2.39 bits per heavy atom. The number of hydrogen-bond donors (Lipinski definition) is 2. The first-order valence-electron chi connectivity index (χ1n) is 15.9. The van der Waals surface area contributed by atoms with Crippen LogP contribution in [0.4, 0.5) is 5.69 Å². The van der Waals surface area contributed by atoms with Crippen molar-refractivity contribution in [3.05, 3.63) is 66.7 Å². The molecule has 0 unspecified atom stereocenters. The van der Waals surface area contributed by atoms with Crippen molar-refractivity contribution in [2.24, 2.45) is 11.8 Å². The number of anilines is 1. The van der Waals surface area contributed by atoms with E-state index in [2.05, 4.69) is 15.5 Å². The Hall–Kier alpha value is -3.73. The minimum Gasteiger partial charge on any atom is -0.457 e. The number of carbonyl (C=O) groups is 3. The lowest BCUT2D eigenvalue weighted by atomic mass is 9.74. The summed E-state index contributed by atoms with van der Waals surface area (Å²) >= 11 is 0. The number of morpholine rings is 1. The second kappa shape index (κ2) is 12.3. The van der Waals surface area contributed by atoms with Crippen LogP contribution in [0.15, 0.2) is 66.7 Å². The number of hydrogen-bond acceptors (Lipinski definition) is 7. The normalized spacial score (nSPS) is 29.9. The third kappa shape index (κ3) is 5.50. The van der Waals surface area contributed by atoms with Gasteiger partial charge in [-0.3, -0.25) is 19.3 Å². The van der Waals surface area contributed by atoms with Gasteiger partial charge in [-0.2, -0.15) is 0 Å². The Kier molecular flexibility index (Phi) is 8.14. The largest absolute Gasteiger partial charge is 0.457 e. The van der Waals surface area contributed by atoms with Gasteiger partial charge in [0.2, 0.25) is 17.7 Å². The molecule has 1 saturated carbocycles. The predicted molar refractivity (Wildman–Crippen MR) is 163 cm³/mol. The van der Waals surface area contributed by atoms with E-state index in [1.807, 2.05) is 42.5 Å². The second-order valence-electron chi connectivity index (χ2n) is 12.5. The topological polar surface area (TPSA) is 109 Å². The SMILES string of the molecule is O=C(Nc1ccc(Oc2ccccc2)cc1)[C@H]1[C@@H]2C=C[C@]3(O2)[C@@H]1C(=O)N(CCN1CCOCC1)[C@@H]3C(=O)NC1CCCCC1. The van der Waals surface area contributed by atoms with Crippen molar-refractivity contribution >= 4 is 23.4 Å². The molecule has 3 amide bonds. The molecule has 4 heterocycles. The molecule has 3 saturated heterocycles. The van der Waals surface area contributed by atoms with E-state index in [0.717, 1.165) is 44.5 Å². The van der Waals surface area contributed by atoms with E-state index in [-0.39, 0.29) is 23.8 Å². The molecule has 1 spiro atoms. The Bertz CT molecular complexity index is 1390. The summed E-state index contributed by atoms with van der Waals surface area (Å²) in [5.41, 5.74) is -0.571. The Labute approximate surface area is 257 Å². The monoisotopic (exact) mass is 600 g/mol. The number of benzene rings is 2. The number of likely N-dealkylation sites (tertiary alicyclic amines) is 1. The fourth-order valence-electron chi connectivity index (χ4n) is 7.57. The van der Waals surface area contributed by atoms with E-state index in [1.165, 1.54) is 6.42 Å². The molecule has 2 aromatic rings. The van der Waals surface area contributed by atoms with Crippen LogP contribution >= 0.6 is 0 Å². The highest BCUT2D eigenvalue weighted by atomic mass is 16.5. The molecule has 4 fully saturated rings. The molecule has 7 rings (SSSR count). The third-order valence-corrected chi connectivity index (χ3v) is 9.74. The summed E-state index contributed by atoms with van der Waals surface area (Å²) in [6.07, 6.45) is 8.39. The highest BCUT2D eigenvalue weighted by molar-refractivity contribution is 6.02. The minimum atomic E-state index is -1.17. The van der Waals surface area contributed by atoms with Crippen LogP contribution in [0.25, 0.3) is 0 Å². The van der Waals surface area contributed by atoms with E-state index in [9.17, 15) is 14.4 Å². The van der Waals surface area contributed by atoms with E-state index in [0.29, 0.717) is 37.7 Å². The third-order valence-electron chi connectivity index (χ3n) is 9.74. The van der Waals surface area contributed by atoms with Crippen LogP contribution < -0.4 is 15.4 Å². The predicted octanol–water partition coefficient (Wildman–Crippen LogP) is 3.35. The minimum absolute atomic E-state index is 0.0958. The van der Waals surface area contributed by atoms with Crippen LogP contribution in [-0.4, -0.2) is 90.7 Å². The van der Waals surface area contributed by atoms with Gasteiger partial charge >= 0.3 is 0 Å². The molecule has 232 valence electrons. The summed E-state index contributed by atoms with van der Waals surface area (Å²) in [5.74, 6) is -0.821. The molecule has 1 aliphatic carbocycles. The number of para-hydroxylation sites is 1. The van der Waals surface area contributed by atoms with Gasteiger partial charge < -0.3 is 29.7 Å². The van der Waals surface area contributed by atoms with E-state index < -0.39 is 29.6 Å².